The lowest BCUT2D eigenvalue weighted by molar-refractivity contribution is 0.0936. The second-order valence-electron chi connectivity index (χ2n) is 7.64. The molecule has 0 atom stereocenters. The molecule has 0 unspecified atom stereocenters. The van der Waals surface area contributed by atoms with Crippen molar-refractivity contribution in [3.63, 3.8) is 0 Å². The SMILES string of the molecule is Cc1ccc2c(c1)C(=O)C1=C(Oc3c(c(Br)c(O)c4ccc(C)cc34)CC1)C2=O. The third-order valence-corrected chi connectivity index (χ3v) is 6.52. The van der Waals surface area contributed by atoms with E-state index in [0.29, 0.717) is 45.2 Å². The van der Waals surface area contributed by atoms with Crippen LogP contribution in [0.2, 0.25) is 0 Å². The summed E-state index contributed by atoms with van der Waals surface area (Å²) < 4.78 is 6.74. The Hall–Kier alpha value is -2.92. The number of ketones is 2. The molecule has 0 spiro atoms. The van der Waals surface area contributed by atoms with Gasteiger partial charge >= 0.3 is 0 Å². The molecule has 2 aliphatic rings. The second-order valence-corrected chi connectivity index (χ2v) is 8.43. The van der Waals surface area contributed by atoms with Crippen LogP contribution in [0.5, 0.6) is 11.5 Å². The van der Waals surface area contributed by atoms with Crippen LogP contribution in [-0.2, 0) is 6.42 Å². The zero-order valence-corrected chi connectivity index (χ0v) is 17.5. The third kappa shape index (κ3) is 2.57. The molecule has 5 rings (SSSR count). The van der Waals surface area contributed by atoms with E-state index in [1.165, 1.54) is 0 Å². The van der Waals surface area contributed by atoms with Crippen LogP contribution in [0.1, 0.15) is 43.8 Å². The summed E-state index contributed by atoms with van der Waals surface area (Å²) >= 11 is 3.49. The van der Waals surface area contributed by atoms with Crippen molar-refractivity contribution in [2.24, 2.45) is 0 Å². The van der Waals surface area contributed by atoms with Gasteiger partial charge in [0.1, 0.15) is 11.5 Å². The summed E-state index contributed by atoms with van der Waals surface area (Å²) in [4.78, 5) is 26.4. The second kappa shape index (κ2) is 6.29. The molecule has 5 heteroatoms. The van der Waals surface area contributed by atoms with Crippen molar-refractivity contribution in [2.75, 3.05) is 0 Å². The summed E-state index contributed by atoms with van der Waals surface area (Å²) in [7, 11) is 0. The molecule has 1 aliphatic carbocycles. The van der Waals surface area contributed by atoms with Gasteiger partial charge in [0, 0.05) is 33.0 Å². The number of carbonyl (C=O) groups is 2. The van der Waals surface area contributed by atoms with Crippen LogP contribution in [0.25, 0.3) is 10.8 Å². The van der Waals surface area contributed by atoms with E-state index in [4.69, 9.17) is 4.74 Å². The van der Waals surface area contributed by atoms with Crippen LogP contribution in [-0.4, -0.2) is 16.7 Å². The van der Waals surface area contributed by atoms with Gasteiger partial charge in [-0.25, -0.2) is 0 Å². The highest BCUT2D eigenvalue weighted by atomic mass is 79.9. The molecule has 0 fully saturated rings. The van der Waals surface area contributed by atoms with Crippen LogP contribution in [0.3, 0.4) is 0 Å². The summed E-state index contributed by atoms with van der Waals surface area (Å²) in [6.45, 7) is 3.86. The molecule has 144 valence electrons. The minimum atomic E-state index is -0.271. The first-order chi connectivity index (χ1) is 13.9. The molecule has 4 nitrogen and oxygen atoms in total. The zero-order chi connectivity index (χ0) is 20.4. The van der Waals surface area contributed by atoms with Gasteiger partial charge in [-0.1, -0.05) is 29.3 Å². The number of hydrogen-bond donors (Lipinski definition) is 1. The molecule has 0 saturated heterocycles. The van der Waals surface area contributed by atoms with Crippen molar-refractivity contribution in [1.82, 2.24) is 0 Å². The van der Waals surface area contributed by atoms with Gasteiger partial charge in [0.2, 0.25) is 5.78 Å². The summed E-state index contributed by atoms with van der Waals surface area (Å²) in [5, 5.41) is 12.0. The van der Waals surface area contributed by atoms with Gasteiger partial charge in [-0.3, -0.25) is 9.59 Å². The standard InChI is InChI=1S/C24H17BrO4/c1-11-3-5-13-17(9-11)20(26)16-8-7-15-19(25)21(27)14-6-4-12(2)10-18(14)23(15)29-24(16)22(13)28/h3-6,9-10,27H,7-8H2,1-2H3. The number of phenols is 1. The zero-order valence-electron chi connectivity index (χ0n) is 15.9. The Morgan fingerprint density at radius 3 is 2.41 bits per heavy atom. The van der Waals surface area contributed by atoms with Crippen molar-refractivity contribution in [3.8, 4) is 11.5 Å². The van der Waals surface area contributed by atoms with Crippen molar-refractivity contribution in [2.45, 2.75) is 26.7 Å². The van der Waals surface area contributed by atoms with Gasteiger partial charge < -0.3 is 9.84 Å². The fraction of sp³-hybridized carbons (Fsp3) is 0.167. The van der Waals surface area contributed by atoms with Crippen LogP contribution in [0.15, 0.2) is 52.2 Å². The highest BCUT2D eigenvalue weighted by molar-refractivity contribution is 9.10. The number of halogens is 1. The monoisotopic (exact) mass is 448 g/mol. The Morgan fingerprint density at radius 2 is 1.62 bits per heavy atom. The predicted molar refractivity (Wildman–Crippen MR) is 114 cm³/mol. The van der Waals surface area contributed by atoms with Crippen LogP contribution in [0, 0.1) is 13.8 Å². The summed E-state index contributed by atoms with van der Waals surface area (Å²) in [5.74, 6) is 0.332. The van der Waals surface area contributed by atoms with Gasteiger partial charge in [-0.15, -0.1) is 0 Å². The maximum Gasteiger partial charge on any atom is 0.229 e. The average Bonchev–Trinajstić information content (AvgIpc) is 2.91. The number of benzene rings is 3. The number of ether oxygens (including phenoxy) is 1. The fourth-order valence-electron chi connectivity index (χ4n) is 4.17. The molecule has 0 amide bonds. The van der Waals surface area contributed by atoms with Gasteiger partial charge in [0.15, 0.2) is 11.5 Å². The topological polar surface area (TPSA) is 63.6 Å². The first kappa shape index (κ1) is 18.1. The Morgan fingerprint density at radius 1 is 0.897 bits per heavy atom. The van der Waals surface area contributed by atoms with E-state index in [9.17, 15) is 14.7 Å². The molecular formula is C24H17BrO4. The number of hydrogen-bond acceptors (Lipinski definition) is 4. The molecule has 3 aromatic carbocycles. The van der Waals surface area contributed by atoms with E-state index >= 15 is 0 Å². The smallest absolute Gasteiger partial charge is 0.229 e. The van der Waals surface area contributed by atoms with Crippen LogP contribution < -0.4 is 4.74 Å². The molecule has 1 N–H and O–H groups in total. The number of carbonyl (C=O) groups excluding carboxylic acids is 2. The Kier molecular flexibility index (Phi) is 3.93. The Bertz CT molecular complexity index is 1300. The molecule has 0 radical (unpaired) electrons. The van der Waals surface area contributed by atoms with E-state index in [0.717, 1.165) is 22.1 Å². The number of aromatic hydroxyl groups is 1. The summed E-state index contributed by atoms with van der Waals surface area (Å²) in [5.41, 5.74) is 3.91. The molecular weight excluding hydrogens is 432 g/mol. The van der Waals surface area contributed by atoms with E-state index in [-0.39, 0.29) is 23.1 Å². The molecule has 3 aromatic rings. The van der Waals surface area contributed by atoms with E-state index in [2.05, 4.69) is 15.9 Å². The number of Topliss-reactive ketones (excluding diaryl/α,β-unsaturated/α-hetero) is 2. The number of rotatable bonds is 0. The first-order valence-electron chi connectivity index (χ1n) is 9.41. The number of fused-ring (bicyclic) bond motifs is 4. The van der Waals surface area contributed by atoms with Crippen LogP contribution >= 0.6 is 15.9 Å². The van der Waals surface area contributed by atoms with Gasteiger partial charge in [0.25, 0.3) is 0 Å². The molecule has 0 saturated carbocycles. The summed E-state index contributed by atoms with van der Waals surface area (Å²) in [6, 6.07) is 11.0. The minimum Gasteiger partial charge on any atom is -0.506 e. The van der Waals surface area contributed by atoms with Gasteiger partial charge in [-0.2, -0.15) is 0 Å². The third-order valence-electron chi connectivity index (χ3n) is 5.67. The van der Waals surface area contributed by atoms with Crippen molar-refractivity contribution in [3.05, 3.63) is 80.0 Å². The average molecular weight is 449 g/mol. The van der Waals surface area contributed by atoms with Gasteiger partial charge in [-0.05, 0) is 60.8 Å². The van der Waals surface area contributed by atoms with E-state index in [1.807, 2.05) is 38.1 Å². The lowest BCUT2D eigenvalue weighted by Gasteiger charge is -2.20. The molecule has 1 heterocycles. The molecule has 1 aliphatic heterocycles. The summed E-state index contributed by atoms with van der Waals surface area (Å²) in [6.07, 6.45) is 0.849. The maximum absolute atomic E-state index is 13.2. The highest BCUT2D eigenvalue weighted by Gasteiger charge is 2.36. The molecule has 0 aromatic heterocycles. The van der Waals surface area contributed by atoms with Crippen molar-refractivity contribution in [1.29, 1.82) is 0 Å². The normalized spacial score (nSPS) is 15.6. The molecule has 29 heavy (non-hydrogen) atoms. The maximum atomic E-state index is 13.2. The lowest BCUT2D eigenvalue weighted by atomic mass is 9.85. The number of allylic oxidation sites excluding steroid dienone is 2. The fourth-order valence-corrected chi connectivity index (χ4v) is 4.76. The van der Waals surface area contributed by atoms with Crippen molar-refractivity contribution < 1.29 is 19.4 Å². The predicted octanol–water partition coefficient (Wildman–Crippen LogP) is 5.58. The van der Waals surface area contributed by atoms with E-state index < -0.39 is 0 Å². The first-order valence-corrected chi connectivity index (χ1v) is 10.2. The largest absolute Gasteiger partial charge is 0.506 e. The Balaban J connectivity index is 1.76. The minimum absolute atomic E-state index is 0.102. The Labute approximate surface area is 175 Å². The van der Waals surface area contributed by atoms with Gasteiger partial charge in [0.05, 0.1) is 4.47 Å². The molecule has 0 bridgehead atoms. The van der Waals surface area contributed by atoms with Crippen molar-refractivity contribution >= 4 is 38.3 Å². The number of aryl methyl sites for hydroxylation is 2. The lowest BCUT2D eigenvalue weighted by Crippen LogP contribution is -2.24. The van der Waals surface area contributed by atoms with Crippen LogP contribution in [0.4, 0.5) is 0 Å². The highest BCUT2D eigenvalue weighted by Crippen LogP contribution is 2.47. The van der Waals surface area contributed by atoms with E-state index in [1.54, 1.807) is 12.1 Å². The quantitative estimate of drug-likeness (QED) is 0.487. The number of phenolic OH excluding ortho intramolecular Hbond substituents is 1.